The van der Waals surface area contributed by atoms with Gasteiger partial charge in [-0.2, -0.15) is 0 Å². The molecule has 1 amide bonds. The van der Waals surface area contributed by atoms with E-state index in [0.717, 1.165) is 25.8 Å². The van der Waals surface area contributed by atoms with Crippen molar-refractivity contribution in [2.24, 2.45) is 11.3 Å². The number of rotatable bonds is 2. The second kappa shape index (κ2) is 5.26. The van der Waals surface area contributed by atoms with Gasteiger partial charge in [0.25, 0.3) is 0 Å². The first-order valence-electron chi connectivity index (χ1n) is 6.76. The first-order valence-corrected chi connectivity index (χ1v) is 6.76. The average Bonchev–Trinajstić information content (AvgIpc) is 2.39. The zero-order valence-electron chi connectivity index (χ0n) is 10.9. The van der Waals surface area contributed by atoms with Crippen LogP contribution in [0.4, 0.5) is 0 Å². The van der Waals surface area contributed by atoms with E-state index in [1.165, 1.54) is 0 Å². The molecule has 0 aromatic carbocycles. The Morgan fingerprint density at radius 1 is 1.39 bits per heavy atom. The van der Waals surface area contributed by atoms with Crippen LogP contribution in [0.15, 0.2) is 0 Å². The SMILES string of the molecule is CC1(C(=O)N2CCCC(C(=O)O)C2)CCCNC1. The van der Waals surface area contributed by atoms with Crippen LogP contribution in [0.2, 0.25) is 0 Å². The van der Waals surface area contributed by atoms with Crippen LogP contribution in [0.1, 0.15) is 32.6 Å². The van der Waals surface area contributed by atoms with Crippen LogP contribution < -0.4 is 5.32 Å². The largest absolute Gasteiger partial charge is 0.481 e. The van der Waals surface area contributed by atoms with Crippen LogP contribution >= 0.6 is 0 Å². The van der Waals surface area contributed by atoms with E-state index in [1.54, 1.807) is 4.90 Å². The molecule has 2 aliphatic heterocycles. The van der Waals surface area contributed by atoms with E-state index in [4.69, 9.17) is 5.11 Å². The van der Waals surface area contributed by atoms with Gasteiger partial charge in [0.05, 0.1) is 11.3 Å². The van der Waals surface area contributed by atoms with E-state index < -0.39 is 5.97 Å². The lowest BCUT2D eigenvalue weighted by Gasteiger charge is -2.40. The van der Waals surface area contributed by atoms with Crippen LogP contribution in [0, 0.1) is 11.3 Å². The topological polar surface area (TPSA) is 69.6 Å². The van der Waals surface area contributed by atoms with E-state index in [2.05, 4.69) is 5.32 Å². The van der Waals surface area contributed by atoms with Crippen LogP contribution in [0.3, 0.4) is 0 Å². The Balaban J connectivity index is 2.01. The first-order chi connectivity index (χ1) is 8.53. The van der Waals surface area contributed by atoms with Gasteiger partial charge in [0, 0.05) is 19.6 Å². The molecule has 0 radical (unpaired) electrons. The molecule has 2 heterocycles. The van der Waals surface area contributed by atoms with Crippen LogP contribution in [-0.2, 0) is 9.59 Å². The van der Waals surface area contributed by atoms with E-state index >= 15 is 0 Å². The van der Waals surface area contributed by atoms with Crippen molar-refractivity contribution in [2.45, 2.75) is 32.6 Å². The highest BCUT2D eigenvalue weighted by atomic mass is 16.4. The maximum Gasteiger partial charge on any atom is 0.308 e. The Bertz CT molecular complexity index is 337. The molecule has 0 saturated carbocycles. The maximum absolute atomic E-state index is 12.5. The fraction of sp³-hybridized carbons (Fsp3) is 0.846. The number of aliphatic carboxylic acids is 1. The molecule has 102 valence electrons. The lowest BCUT2D eigenvalue weighted by atomic mass is 9.80. The highest BCUT2D eigenvalue weighted by Gasteiger charge is 2.39. The Labute approximate surface area is 108 Å². The third kappa shape index (κ3) is 2.66. The maximum atomic E-state index is 12.5. The third-order valence-electron chi connectivity index (χ3n) is 4.17. The van der Waals surface area contributed by atoms with E-state index in [9.17, 15) is 9.59 Å². The monoisotopic (exact) mass is 254 g/mol. The lowest BCUT2D eigenvalue weighted by molar-refractivity contribution is -0.149. The van der Waals surface area contributed by atoms with Gasteiger partial charge in [0.1, 0.15) is 0 Å². The molecule has 18 heavy (non-hydrogen) atoms. The number of carboxylic acids is 1. The number of piperidine rings is 2. The minimum absolute atomic E-state index is 0.126. The number of likely N-dealkylation sites (tertiary alicyclic amines) is 1. The molecule has 2 aliphatic rings. The van der Waals surface area contributed by atoms with E-state index in [0.29, 0.717) is 26.1 Å². The summed E-state index contributed by atoms with van der Waals surface area (Å²) in [5.74, 6) is -1.04. The molecule has 2 fully saturated rings. The number of hydrogen-bond donors (Lipinski definition) is 2. The van der Waals surface area contributed by atoms with Crippen LogP contribution in [0.25, 0.3) is 0 Å². The molecule has 0 aromatic heterocycles. The molecule has 2 unspecified atom stereocenters. The van der Waals surface area contributed by atoms with Gasteiger partial charge in [-0.1, -0.05) is 0 Å². The Hall–Kier alpha value is -1.10. The number of hydrogen-bond acceptors (Lipinski definition) is 3. The Morgan fingerprint density at radius 2 is 2.17 bits per heavy atom. The molecule has 2 saturated heterocycles. The minimum Gasteiger partial charge on any atom is -0.481 e. The Kier molecular flexibility index (Phi) is 3.90. The molecule has 2 N–H and O–H groups in total. The van der Waals surface area contributed by atoms with Gasteiger partial charge in [-0.3, -0.25) is 9.59 Å². The normalized spacial score (nSPS) is 33.2. The van der Waals surface area contributed by atoms with Crippen molar-refractivity contribution in [3.8, 4) is 0 Å². The zero-order valence-corrected chi connectivity index (χ0v) is 10.9. The predicted molar refractivity (Wildman–Crippen MR) is 67.2 cm³/mol. The second-order valence-electron chi connectivity index (χ2n) is 5.77. The molecule has 0 aliphatic carbocycles. The smallest absolute Gasteiger partial charge is 0.308 e. The van der Waals surface area contributed by atoms with Gasteiger partial charge in [-0.15, -0.1) is 0 Å². The summed E-state index contributed by atoms with van der Waals surface area (Å²) in [5, 5.41) is 12.3. The quantitative estimate of drug-likeness (QED) is 0.761. The Morgan fingerprint density at radius 3 is 2.78 bits per heavy atom. The van der Waals surface area contributed by atoms with E-state index in [1.807, 2.05) is 6.92 Å². The van der Waals surface area contributed by atoms with Crippen molar-refractivity contribution in [1.82, 2.24) is 10.2 Å². The molecule has 5 heteroatoms. The molecular weight excluding hydrogens is 232 g/mol. The summed E-state index contributed by atoms with van der Waals surface area (Å²) in [7, 11) is 0. The number of nitrogens with zero attached hydrogens (tertiary/aromatic N) is 1. The summed E-state index contributed by atoms with van der Waals surface area (Å²) in [6.45, 7) is 4.76. The summed E-state index contributed by atoms with van der Waals surface area (Å²) < 4.78 is 0. The minimum atomic E-state index is -0.778. The summed E-state index contributed by atoms with van der Waals surface area (Å²) in [4.78, 5) is 25.3. The van der Waals surface area contributed by atoms with Crippen molar-refractivity contribution < 1.29 is 14.7 Å². The zero-order chi connectivity index (χ0) is 13.2. The van der Waals surface area contributed by atoms with Gasteiger partial charge in [0.2, 0.25) is 5.91 Å². The molecule has 0 bridgehead atoms. The molecular formula is C13H22N2O3. The van der Waals surface area contributed by atoms with Gasteiger partial charge in [-0.05, 0) is 39.2 Å². The van der Waals surface area contributed by atoms with Gasteiger partial charge in [0.15, 0.2) is 0 Å². The highest BCUT2D eigenvalue weighted by molar-refractivity contribution is 5.83. The molecule has 5 nitrogen and oxygen atoms in total. The van der Waals surface area contributed by atoms with Gasteiger partial charge in [-0.25, -0.2) is 0 Å². The van der Waals surface area contributed by atoms with Crippen molar-refractivity contribution in [3.05, 3.63) is 0 Å². The number of carbonyl (C=O) groups is 2. The number of carboxylic acid groups (broad SMARTS) is 1. The molecule has 0 aromatic rings. The fourth-order valence-corrected chi connectivity index (χ4v) is 2.98. The lowest BCUT2D eigenvalue weighted by Crippen LogP contribution is -2.53. The van der Waals surface area contributed by atoms with Crippen LogP contribution in [-0.4, -0.2) is 48.1 Å². The third-order valence-corrected chi connectivity index (χ3v) is 4.17. The second-order valence-corrected chi connectivity index (χ2v) is 5.77. The molecule has 2 atom stereocenters. The standard InChI is InChI=1S/C13H22N2O3/c1-13(5-3-6-14-9-13)12(18)15-7-2-4-10(8-15)11(16)17/h10,14H,2-9H2,1H3,(H,16,17). The summed E-state index contributed by atoms with van der Waals surface area (Å²) in [6, 6.07) is 0. The average molecular weight is 254 g/mol. The van der Waals surface area contributed by atoms with Gasteiger partial charge >= 0.3 is 5.97 Å². The number of nitrogens with one attached hydrogen (secondary N) is 1. The summed E-state index contributed by atoms with van der Waals surface area (Å²) in [5.41, 5.74) is -0.349. The predicted octanol–water partition coefficient (Wildman–Crippen LogP) is 0.699. The molecule has 0 spiro atoms. The molecule has 2 rings (SSSR count). The van der Waals surface area contributed by atoms with Crippen molar-refractivity contribution in [3.63, 3.8) is 0 Å². The number of carbonyl (C=O) groups excluding carboxylic acids is 1. The van der Waals surface area contributed by atoms with Crippen molar-refractivity contribution >= 4 is 11.9 Å². The summed E-state index contributed by atoms with van der Waals surface area (Å²) in [6.07, 6.45) is 3.39. The fourth-order valence-electron chi connectivity index (χ4n) is 2.98. The first kappa shape index (κ1) is 13.3. The van der Waals surface area contributed by atoms with Crippen molar-refractivity contribution in [1.29, 1.82) is 0 Å². The highest BCUT2D eigenvalue weighted by Crippen LogP contribution is 2.30. The van der Waals surface area contributed by atoms with E-state index in [-0.39, 0.29) is 17.2 Å². The summed E-state index contributed by atoms with van der Waals surface area (Å²) >= 11 is 0. The van der Waals surface area contributed by atoms with Gasteiger partial charge < -0.3 is 15.3 Å². The number of amides is 1. The van der Waals surface area contributed by atoms with Crippen molar-refractivity contribution in [2.75, 3.05) is 26.2 Å². The van der Waals surface area contributed by atoms with Crippen LogP contribution in [0.5, 0.6) is 0 Å².